The fourth-order valence-corrected chi connectivity index (χ4v) is 3.86. The number of aliphatic hydroxyl groups is 1. The van der Waals surface area contributed by atoms with Crippen LogP contribution in [0.4, 0.5) is 10.1 Å². The van der Waals surface area contributed by atoms with E-state index in [0.29, 0.717) is 22.6 Å². The van der Waals surface area contributed by atoms with E-state index in [2.05, 4.69) is 0 Å². The number of methoxy groups -OCH3 is 1. The maximum Gasteiger partial charge on any atom is 0.300 e. The van der Waals surface area contributed by atoms with E-state index in [-0.39, 0.29) is 11.3 Å². The van der Waals surface area contributed by atoms with Crippen molar-refractivity contribution in [2.24, 2.45) is 0 Å². The fourth-order valence-electron chi connectivity index (χ4n) is 3.86. The monoisotopic (exact) mass is 431 g/mol. The first-order valence-corrected chi connectivity index (χ1v) is 10.2. The first-order chi connectivity index (χ1) is 15.4. The number of Topliss-reactive ketones (excluding diaryl/α,β-unsaturated/α-hetero) is 1. The molecule has 5 nitrogen and oxygen atoms in total. The molecule has 1 N–H and O–H groups in total. The third kappa shape index (κ3) is 3.75. The van der Waals surface area contributed by atoms with E-state index >= 15 is 0 Å². The van der Waals surface area contributed by atoms with E-state index in [1.165, 1.54) is 29.2 Å². The van der Waals surface area contributed by atoms with E-state index in [4.69, 9.17) is 4.74 Å². The van der Waals surface area contributed by atoms with Crippen LogP contribution in [0.25, 0.3) is 5.76 Å². The van der Waals surface area contributed by atoms with Crippen molar-refractivity contribution in [2.75, 3.05) is 12.0 Å². The fraction of sp³-hybridized carbons (Fsp3) is 0.154. The molecule has 1 atom stereocenters. The molecule has 32 heavy (non-hydrogen) atoms. The minimum absolute atomic E-state index is 0.0197. The van der Waals surface area contributed by atoms with Gasteiger partial charge in [-0.3, -0.25) is 14.5 Å². The molecule has 1 aliphatic heterocycles. The van der Waals surface area contributed by atoms with Crippen LogP contribution in [-0.4, -0.2) is 23.9 Å². The highest BCUT2D eigenvalue weighted by Crippen LogP contribution is 2.42. The molecule has 3 aromatic rings. The van der Waals surface area contributed by atoms with Gasteiger partial charge in [-0.2, -0.15) is 0 Å². The van der Waals surface area contributed by atoms with Gasteiger partial charge in [-0.05, 0) is 53.9 Å². The second-order valence-electron chi connectivity index (χ2n) is 7.47. The number of ketones is 1. The summed E-state index contributed by atoms with van der Waals surface area (Å²) in [6.07, 6.45) is 0.835. The molecule has 6 heteroatoms. The van der Waals surface area contributed by atoms with Gasteiger partial charge in [0.05, 0.1) is 18.7 Å². The van der Waals surface area contributed by atoms with Crippen LogP contribution in [0.3, 0.4) is 0 Å². The van der Waals surface area contributed by atoms with Gasteiger partial charge >= 0.3 is 0 Å². The van der Waals surface area contributed by atoms with E-state index in [1.54, 1.807) is 43.5 Å². The van der Waals surface area contributed by atoms with Crippen molar-refractivity contribution < 1.29 is 23.8 Å². The zero-order valence-electron chi connectivity index (χ0n) is 17.7. The number of amides is 1. The Morgan fingerprint density at radius 1 is 0.969 bits per heavy atom. The predicted octanol–water partition coefficient (Wildman–Crippen LogP) is 5.02. The summed E-state index contributed by atoms with van der Waals surface area (Å²) in [5, 5.41) is 11.1. The zero-order valence-corrected chi connectivity index (χ0v) is 17.7. The molecule has 0 spiro atoms. The van der Waals surface area contributed by atoms with Gasteiger partial charge in [0, 0.05) is 11.3 Å². The van der Waals surface area contributed by atoms with E-state index < -0.39 is 23.5 Å². The molecule has 1 amide bonds. The summed E-state index contributed by atoms with van der Waals surface area (Å²) in [4.78, 5) is 27.4. The Morgan fingerprint density at radius 3 is 2.16 bits per heavy atom. The quantitative estimate of drug-likeness (QED) is 0.350. The van der Waals surface area contributed by atoms with Crippen molar-refractivity contribution in [3.8, 4) is 5.75 Å². The van der Waals surface area contributed by atoms with Gasteiger partial charge in [-0.15, -0.1) is 0 Å². The molecular weight excluding hydrogens is 409 g/mol. The minimum Gasteiger partial charge on any atom is -0.507 e. The Labute approximate surface area is 185 Å². The molecule has 0 saturated carbocycles. The van der Waals surface area contributed by atoms with Crippen LogP contribution in [0, 0.1) is 5.82 Å². The number of carbonyl (C=O) groups excluding carboxylic acids is 2. The molecule has 162 valence electrons. The van der Waals surface area contributed by atoms with Crippen molar-refractivity contribution in [3.63, 3.8) is 0 Å². The smallest absolute Gasteiger partial charge is 0.300 e. The number of rotatable bonds is 5. The lowest BCUT2D eigenvalue weighted by molar-refractivity contribution is -0.132. The maximum absolute atomic E-state index is 13.5. The molecule has 1 saturated heterocycles. The van der Waals surface area contributed by atoms with Crippen LogP contribution in [0.15, 0.2) is 78.4 Å². The van der Waals surface area contributed by atoms with Gasteiger partial charge in [0.15, 0.2) is 0 Å². The van der Waals surface area contributed by atoms with Gasteiger partial charge in [0.2, 0.25) is 0 Å². The van der Waals surface area contributed by atoms with Gasteiger partial charge in [-0.1, -0.05) is 43.3 Å². The Kier molecular flexibility index (Phi) is 5.77. The second-order valence-corrected chi connectivity index (χ2v) is 7.47. The highest BCUT2D eigenvalue weighted by atomic mass is 19.1. The van der Waals surface area contributed by atoms with Crippen LogP contribution in [0.2, 0.25) is 0 Å². The summed E-state index contributed by atoms with van der Waals surface area (Å²) in [6, 6.07) is 18.5. The molecule has 1 heterocycles. The molecule has 4 rings (SSSR count). The summed E-state index contributed by atoms with van der Waals surface area (Å²) >= 11 is 0. The first-order valence-electron chi connectivity index (χ1n) is 10.2. The molecule has 1 unspecified atom stereocenters. The number of hydrogen-bond donors (Lipinski definition) is 1. The number of anilines is 1. The molecule has 1 fully saturated rings. The van der Waals surface area contributed by atoms with Gasteiger partial charge in [0.1, 0.15) is 17.3 Å². The topological polar surface area (TPSA) is 66.8 Å². The number of halogens is 1. The number of ether oxygens (including phenoxy) is 1. The lowest BCUT2D eigenvalue weighted by atomic mass is 9.94. The SMILES string of the molecule is CCc1ccc(/C(O)=C2\C(=O)C(=O)N(c3ccc(F)cc3)C2c2ccc(OC)cc2)cc1. The van der Waals surface area contributed by atoms with Crippen molar-refractivity contribution in [2.45, 2.75) is 19.4 Å². The lowest BCUT2D eigenvalue weighted by Crippen LogP contribution is -2.29. The summed E-state index contributed by atoms with van der Waals surface area (Å²) in [5.74, 6) is -1.68. The summed E-state index contributed by atoms with van der Waals surface area (Å²) < 4.78 is 18.7. The average molecular weight is 431 g/mol. The van der Waals surface area contributed by atoms with E-state index in [1.807, 2.05) is 19.1 Å². The average Bonchev–Trinajstić information content (AvgIpc) is 3.09. The molecule has 0 radical (unpaired) electrons. The molecule has 0 aliphatic carbocycles. The van der Waals surface area contributed by atoms with E-state index in [0.717, 1.165) is 12.0 Å². The third-order valence-electron chi connectivity index (χ3n) is 5.62. The van der Waals surface area contributed by atoms with Gasteiger partial charge in [-0.25, -0.2) is 4.39 Å². The standard InChI is InChI=1S/C26H22FNO4/c1-3-16-4-6-18(7-5-16)24(29)22-23(17-8-14-21(32-2)15-9-17)28(26(31)25(22)30)20-12-10-19(27)11-13-20/h4-15,23,29H,3H2,1-2H3/b24-22+. The van der Waals surface area contributed by atoms with Crippen LogP contribution >= 0.6 is 0 Å². The summed E-state index contributed by atoms with van der Waals surface area (Å²) in [5.41, 5.74) is 2.47. The normalized spacial score (nSPS) is 17.6. The predicted molar refractivity (Wildman–Crippen MR) is 120 cm³/mol. The maximum atomic E-state index is 13.5. The first kappa shape index (κ1) is 21.3. The Balaban J connectivity index is 1.90. The number of hydrogen-bond acceptors (Lipinski definition) is 4. The highest BCUT2D eigenvalue weighted by Gasteiger charge is 2.46. The molecule has 1 aliphatic rings. The highest BCUT2D eigenvalue weighted by molar-refractivity contribution is 6.51. The Morgan fingerprint density at radius 2 is 1.59 bits per heavy atom. The van der Waals surface area contributed by atoms with Crippen molar-refractivity contribution in [1.29, 1.82) is 0 Å². The summed E-state index contributed by atoms with van der Waals surface area (Å²) in [7, 11) is 1.54. The third-order valence-corrected chi connectivity index (χ3v) is 5.62. The largest absolute Gasteiger partial charge is 0.507 e. The van der Waals surface area contributed by atoms with Crippen molar-refractivity contribution in [1.82, 2.24) is 0 Å². The lowest BCUT2D eigenvalue weighted by Gasteiger charge is -2.25. The summed E-state index contributed by atoms with van der Waals surface area (Å²) in [6.45, 7) is 2.02. The van der Waals surface area contributed by atoms with Crippen LogP contribution in [0.1, 0.15) is 29.7 Å². The molecule has 0 bridgehead atoms. The van der Waals surface area contributed by atoms with Gasteiger partial charge in [0.25, 0.3) is 11.7 Å². The molecular formula is C26H22FNO4. The van der Waals surface area contributed by atoms with Gasteiger partial charge < -0.3 is 9.84 Å². The molecule has 3 aromatic carbocycles. The Hall–Kier alpha value is -3.93. The number of aliphatic hydroxyl groups excluding tert-OH is 1. The number of carbonyl (C=O) groups is 2. The Bertz CT molecular complexity index is 1180. The van der Waals surface area contributed by atoms with E-state index in [9.17, 15) is 19.1 Å². The molecule has 0 aromatic heterocycles. The number of aryl methyl sites for hydroxylation is 1. The van der Waals surface area contributed by atoms with Crippen LogP contribution in [0.5, 0.6) is 5.75 Å². The van der Waals surface area contributed by atoms with Crippen molar-refractivity contribution in [3.05, 3.63) is 101 Å². The second kappa shape index (κ2) is 8.67. The minimum atomic E-state index is -0.878. The number of nitrogens with zero attached hydrogens (tertiary/aromatic N) is 1. The van der Waals surface area contributed by atoms with Crippen LogP contribution in [-0.2, 0) is 16.0 Å². The number of benzene rings is 3. The zero-order chi connectivity index (χ0) is 22.8. The van der Waals surface area contributed by atoms with Crippen LogP contribution < -0.4 is 9.64 Å². The van der Waals surface area contributed by atoms with Crippen molar-refractivity contribution >= 4 is 23.1 Å².